The van der Waals surface area contributed by atoms with Crippen molar-refractivity contribution < 1.29 is 0 Å². The molecular weight excluding hydrogens is 925 g/mol. The molecule has 2 unspecified atom stereocenters. The molecule has 0 aliphatic heterocycles. The van der Waals surface area contributed by atoms with Gasteiger partial charge in [-0.15, -0.1) is 57.4 Å². The summed E-state index contributed by atoms with van der Waals surface area (Å²) in [6.07, 6.45) is 3.35. The van der Waals surface area contributed by atoms with Gasteiger partial charge in [-0.25, -0.2) is 0 Å². The zero-order valence-electron chi connectivity index (χ0n) is 44.0. The third-order valence-corrected chi connectivity index (χ3v) is 16.3. The molecule has 0 saturated heterocycles. The Balaban J connectivity index is 0.00000357. The summed E-state index contributed by atoms with van der Waals surface area (Å²) in [6, 6.07) is 12.4. The lowest BCUT2D eigenvalue weighted by atomic mass is 9.56. The molecule has 20 heteroatoms. The third-order valence-electron chi connectivity index (χ3n) is 15.9. The maximum absolute atomic E-state index is 7.96. The summed E-state index contributed by atoms with van der Waals surface area (Å²) in [5.74, 6) is 1.36. The maximum atomic E-state index is 7.96. The maximum Gasteiger partial charge on any atom is 0.140 e. The van der Waals surface area contributed by atoms with Crippen LogP contribution in [0.3, 0.4) is 0 Å². The summed E-state index contributed by atoms with van der Waals surface area (Å²) >= 11 is 5.28. The molecule has 6 aromatic carbocycles. The van der Waals surface area contributed by atoms with Crippen molar-refractivity contribution in [3.8, 4) is 22.3 Å². The van der Waals surface area contributed by atoms with Gasteiger partial charge in [-0.05, 0) is 115 Å². The van der Waals surface area contributed by atoms with E-state index in [0.717, 1.165) is 22.3 Å². The van der Waals surface area contributed by atoms with Crippen LogP contribution in [0.4, 0.5) is 11.4 Å². The zero-order valence-corrected chi connectivity index (χ0v) is 44.9. The predicted molar refractivity (Wildman–Crippen MR) is 351 cm³/mol. The second kappa shape index (κ2) is 19.4. The Morgan fingerprint density at radius 3 is 1.74 bits per heavy atom. The van der Waals surface area contributed by atoms with E-state index >= 15 is 0 Å². The number of anilines is 2. The number of rotatable bonds is 6. The largest absolute Gasteiger partial charge is 0.324 e. The lowest BCUT2D eigenvalue weighted by Gasteiger charge is -2.38. The minimum atomic E-state index is -1.60. The minimum absolute atomic E-state index is 0.0124. The first-order valence-corrected chi connectivity index (χ1v) is 25.0. The Kier molecular flexibility index (Phi) is 14.3. The molecule has 6 aromatic rings. The van der Waals surface area contributed by atoms with Crippen molar-refractivity contribution in [2.24, 2.45) is 0 Å². The van der Waals surface area contributed by atoms with Gasteiger partial charge >= 0.3 is 0 Å². The lowest BCUT2D eigenvalue weighted by molar-refractivity contribution is 0.657. The van der Waals surface area contributed by atoms with Gasteiger partial charge in [-0.2, -0.15) is 12.6 Å². The number of hydrogen-bond acceptors (Lipinski definition) is 2. The van der Waals surface area contributed by atoms with Gasteiger partial charge < -0.3 is 4.90 Å². The molecule has 4 aliphatic rings. The molecule has 0 aromatic heterocycles. The fourth-order valence-corrected chi connectivity index (χ4v) is 13.2. The molecule has 0 bridgehead atoms. The molecule has 0 N–H and O–H groups in total. The van der Waals surface area contributed by atoms with E-state index in [4.69, 9.17) is 154 Å². The summed E-state index contributed by atoms with van der Waals surface area (Å²) in [4.78, 5) is 1.79. The Morgan fingerprint density at radius 2 is 1.13 bits per heavy atom. The molecule has 77 heavy (non-hydrogen) atoms. The molecule has 1 nitrogen and oxygen atoms in total. The standard InChI is InChI=1S/C55H27B18NS.C2H6/c1-17(57)11-26-35(23-15-30(63)44(65)48(69)40(23)54(26,6)75)52(73)74(32-16-25-34(46(67)45(32)66)22-14-29(62)43(64)18(2)38(22)53(25,4)5)31-8-7-27(60)41-36(31)21-12-20(59)13-28(61)39(21)55(41)24(9-10-56)33(19(3)58)37-42(55)49(70)51(72)50(71)47(37)68;1-2/h7-16,75H,1,3H2,2,4-6H3;1-2H3/b10-9-,26-11+,52-35+;. The molecular formula is C57H33B18NS. The Bertz CT molecular complexity index is 3880. The van der Waals surface area contributed by atoms with E-state index in [9.17, 15) is 0 Å². The van der Waals surface area contributed by atoms with Gasteiger partial charge in [-0.1, -0.05) is 125 Å². The lowest BCUT2D eigenvalue weighted by Crippen LogP contribution is -2.53. The normalized spacial score (nSPS) is 19.1. The zero-order chi connectivity index (χ0) is 56.9. The predicted octanol–water partition coefficient (Wildman–Crippen LogP) is -3.67. The van der Waals surface area contributed by atoms with Gasteiger partial charge in [0.05, 0.1) is 15.8 Å². The molecule has 1 spiro atoms. The number of benzene rings is 6. The van der Waals surface area contributed by atoms with Gasteiger partial charge in [0, 0.05) is 16.7 Å². The van der Waals surface area contributed by atoms with Crippen molar-refractivity contribution in [2.75, 3.05) is 4.90 Å². The van der Waals surface area contributed by atoms with Crippen molar-refractivity contribution in [2.45, 2.75) is 57.1 Å². The van der Waals surface area contributed by atoms with Gasteiger partial charge in [0.1, 0.15) is 141 Å². The average Bonchev–Trinajstić information content (AvgIpc) is 4.21. The van der Waals surface area contributed by atoms with E-state index in [2.05, 4.69) is 27.0 Å². The van der Waals surface area contributed by atoms with Crippen molar-refractivity contribution in [3.05, 3.63) is 152 Å². The van der Waals surface area contributed by atoms with Crippen LogP contribution in [0.2, 0.25) is 0 Å². The molecule has 0 saturated carbocycles. The fraction of sp³-hybridized carbons (Fsp3) is 0.158. The quantitative estimate of drug-likeness (QED) is 0.133. The average molecular weight is 959 g/mol. The van der Waals surface area contributed by atoms with Crippen LogP contribution in [0.25, 0.3) is 33.4 Å². The molecule has 2 atom stereocenters. The van der Waals surface area contributed by atoms with Gasteiger partial charge in [0.25, 0.3) is 0 Å². The van der Waals surface area contributed by atoms with Crippen LogP contribution in [0.5, 0.6) is 0 Å². The second-order valence-electron chi connectivity index (χ2n) is 20.5. The molecule has 36 radical (unpaired) electrons. The van der Waals surface area contributed by atoms with Crippen LogP contribution in [0.15, 0.2) is 101 Å². The Morgan fingerprint density at radius 1 is 0.558 bits per heavy atom. The van der Waals surface area contributed by atoms with E-state index in [0.29, 0.717) is 100 Å². The first kappa shape index (κ1) is 56.8. The summed E-state index contributed by atoms with van der Waals surface area (Å²) < 4.78 is -1.20. The summed E-state index contributed by atoms with van der Waals surface area (Å²) in [7, 11) is 125. The van der Waals surface area contributed by atoms with E-state index < -0.39 is 15.6 Å². The number of thiol groups is 1. The van der Waals surface area contributed by atoms with Crippen LogP contribution in [-0.2, 0) is 15.6 Å². The van der Waals surface area contributed by atoms with Gasteiger partial charge in [0.15, 0.2) is 0 Å². The highest BCUT2D eigenvalue weighted by atomic mass is 32.1. The molecule has 10 rings (SSSR count). The second-order valence-corrected chi connectivity index (χ2v) is 21.4. The van der Waals surface area contributed by atoms with Crippen LogP contribution in [0.1, 0.15) is 84.7 Å². The molecule has 0 fully saturated rings. The Labute approximate surface area is 485 Å². The first-order chi connectivity index (χ1) is 36.0. The highest BCUT2D eigenvalue weighted by Crippen LogP contribution is 2.63. The number of fused-ring (bicyclic) bond motifs is 11. The van der Waals surface area contributed by atoms with Crippen LogP contribution < -0.4 is 81.4 Å². The van der Waals surface area contributed by atoms with E-state index in [1.807, 2.05) is 39.8 Å². The Hall–Kier alpha value is -4.92. The van der Waals surface area contributed by atoms with Crippen molar-refractivity contribution in [1.82, 2.24) is 0 Å². The monoisotopic (exact) mass is 961 g/mol. The highest BCUT2D eigenvalue weighted by Gasteiger charge is 2.56. The summed E-state index contributed by atoms with van der Waals surface area (Å²) in [5.41, 5.74) is 10.8. The van der Waals surface area contributed by atoms with Crippen molar-refractivity contribution >= 4 is 253 Å². The molecule has 4 aliphatic carbocycles. The third kappa shape index (κ3) is 7.61. The van der Waals surface area contributed by atoms with Crippen LogP contribution in [-0.4, -0.2) is 141 Å². The van der Waals surface area contributed by atoms with Crippen molar-refractivity contribution in [3.63, 3.8) is 0 Å². The van der Waals surface area contributed by atoms with E-state index in [-0.39, 0.29) is 76.6 Å². The highest BCUT2D eigenvalue weighted by molar-refractivity contribution is 7.81. The first-order valence-electron chi connectivity index (χ1n) is 24.6. The van der Waals surface area contributed by atoms with E-state index in [1.165, 1.54) is 5.98 Å². The molecule has 0 heterocycles. The molecule has 326 valence electrons. The smallest absolute Gasteiger partial charge is 0.140 e. The SMILES string of the molecule is CC.[B]/C=C\C1=C(C([B])=C)c2c([B])c([B])c([B])c([B])c2C12c1c([B])cc([B])cc1-c1c(N(/C([B])=C3/C(=C\C([B])=C)C(C)(S)c4c3cc([B])c([B])c4[B])c3cc4c(c([B])c3[B])-c3cc([B])c([B])c(C)c3C4(C)C)ccc([B])c12. The summed E-state index contributed by atoms with van der Waals surface area (Å²) in [6.45, 7) is 20.2. The summed E-state index contributed by atoms with van der Waals surface area (Å²) in [5, 5.41) is 0. The number of hydrogen-bond donors (Lipinski definition) is 1. The minimum Gasteiger partial charge on any atom is -0.324 e. The number of nitrogens with zero attached hydrogens (tertiary/aromatic N) is 1. The van der Waals surface area contributed by atoms with Crippen molar-refractivity contribution in [1.29, 1.82) is 0 Å². The van der Waals surface area contributed by atoms with Crippen LogP contribution in [0, 0.1) is 6.92 Å². The van der Waals surface area contributed by atoms with Crippen LogP contribution >= 0.6 is 12.6 Å². The van der Waals surface area contributed by atoms with E-state index in [1.54, 1.807) is 47.4 Å². The molecule has 0 amide bonds. The van der Waals surface area contributed by atoms with Gasteiger partial charge in [0.2, 0.25) is 0 Å². The topological polar surface area (TPSA) is 3.24 Å². The fourth-order valence-electron chi connectivity index (χ4n) is 12.8. The van der Waals surface area contributed by atoms with Gasteiger partial charge in [-0.3, -0.25) is 0 Å². The number of allylic oxidation sites excluding steroid dienone is 7.